The number of carbonyl (C=O) groups is 3. The van der Waals surface area contributed by atoms with Crippen LogP contribution in [0.15, 0.2) is 0 Å². The third-order valence-corrected chi connectivity index (χ3v) is 9.85. The molecule has 6 atom stereocenters. The quantitative estimate of drug-likeness (QED) is 0.0256. The lowest BCUT2D eigenvalue weighted by Gasteiger charge is -2.45. The molecule has 16 heteroatoms. The summed E-state index contributed by atoms with van der Waals surface area (Å²) in [6, 6.07) is 0. The number of carbonyl (C=O) groups excluding carboxylic acids is 3. The molecule has 0 rings (SSSR count). The molecule has 0 aromatic carbocycles. The average molecular weight is 886 g/mol. The van der Waals surface area contributed by atoms with Crippen molar-refractivity contribution in [3.63, 3.8) is 0 Å². The Kier molecular flexibility index (Phi) is 45.7. The topological polar surface area (TPSA) is 250 Å². The van der Waals surface area contributed by atoms with E-state index in [9.17, 15) is 24.6 Å². The zero-order chi connectivity index (χ0) is 47.9. The van der Waals surface area contributed by atoms with Crippen molar-refractivity contribution >= 4 is 18.5 Å². The Morgan fingerprint density at radius 1 is 0.738 bits per heavy atom. The summed E-state index contributed by atoms with van der Waals surface area (Å²) in [7, 11) is 4.12. The van der Waals surface area contributed by atoms with Gasteiger partial charge in [-0.1, -0.05) is 97.3 Å². The Labute approximate surface area is 370 Å². The number of rotatable bonds is 33. The van der Waals surface area contributed by atoms with E-state index in [2.05, 4.69) is 63.5 Å². The monoisotopic (exact) mass is 886 g/mol. The summed E-state index contributed by atoms with van der Waals surface area (Å²) in [4.78, 5) is 37.1. The predicted octanol–water partition coefficient (Wildman–Crippen LogP) is 4.04. The second-order valence-electron chi connectivity index (χ2n) is 17.0. The van der Waals surface area contributed by atoms with Gasteiger partial charge in [-0.05, 0) is 88.5 Å². The molecular formula is C45H95N3O13. The zero-order valence-electron chi connectivity index (χ0n) is 40.3. The minimum Gasteiger partial charge on any atom is -0.397 e. The number of likely N-dealkylation sites (N-methyl/N-ethyl adjacent to an activating group) is 1. The van der Waals surface area contributed by atoms with Gasteiger partial charge in [-0.15, -0.1) is 0 Å². The van der Waals surface area contributed by atoms with Crippen LogP contribution in [-0.2, 0) is 23.9 Å². The Hall–Kier alpha value is -1.67. The van der Waals surface area contributed by atoms with Gasteiger partial charge in [0, 0.05) is 37.1 Å². The van der Waals surface area contributed by atoms with Gasteiger partial charge >= 0.3 is 0 Å². The molecule has 0 aliphatic rings. The van der Waals surface area contributed by atoms with E-state index in [0.717, 1.165) is 52.1 Å². The van der Waals surface area contributed by atoms with Gasteiger partial charge < -0.3 is 70.1 Å². The normalized spacial score (nSPS) is 14.6. The lowest BCUT2D eigenvalue weighted by atomic mass is 9.97. The minimum absolute atomic E-state index is 0.0220. The van der Waals surface area contributed by atoms with E-state index in [1.165, 1.54) is 83.5 Å². The maximum Gasteiger partial charge on any atom is 0.222 e. The van der Waals surface area contributed by atoms with Gasteiger partial charge in [0.15, 0.2) is 12.6 Å². The molecule has 16 nitrogen and oxygen atoms in total. The number of ether oxygens (including phenoxy) is 2. The molecule has 61 heavy (non-hydrogen) atoms. The summed E-state index contributed by atoms with van der Waals surface area (Å²) in [5.41, 5.74) is -0.151. The molecule has 0 aliphatic heterocycles. The molecule has 6 unspecified atom stereocenters. The first-order valence-corrected chi connectivity index (χ1v) is 22.8. The van der Waals surface area contributed by atoms with E-state index in [1.807, 2.05) is 18.9 Å². The predicted molar refractivity (Wildman–Crippen MR) is 242 cm³/mol. The molecule has 0 saturated heterocycles. The summed E-state index contributed by atoms with van der Waals surface area (Å²) in [6.45, 7) is 19.9. The van der Waals surface area contributed by atoms with Crippen LogP contribution in [-0.4, -0.2) is 170 Å². The summed E-state index contributed by atoms with van der Waals surface area (Å²) in [5.74, 6) is 0.231. The molecule has 368 valence electrons. The van der Waals surface area contributed by atoms with Crippen LogP contribution in [0.3, 0.4) is 0 Å². The van der Waals surface area contributed by atoms with Crippen LogP contribution in [0.2, 0.25) is 0 Å². The van der Waals surface area contributed by atoms with Crippen LogP contribution >= 0.6 is 0 Å². The molecule has 0 bridgehead atoms. The zero-order valence-corrected chi connectivity index (χ0v) is 40.3. The standard InChI is InChI=1S/C17H34O.C16H35N3O.C10H20O10.C2H6O/c1-2-3-4-5-6-7-8-9-10-11-12-13-14-15-16-17-18;1-9-14(20)19(15(2,3)4)13-16(5,6)18(8)12-10-11-17-7;1-4(13)19-10(9(17)18)20-8(6(15)3-12)7(16)5(14)2-11;1-2-3/h17H,2-16H2,1H3;17H,9-13H2,1-8H3;2,4-10,12-18H,3H2,1H3;3H,2H2,1H3. The minimum atomic E-state index is -2.25. The molecule has 0 fully saturated rings. The van der Waals surface area contributed by atoms with Crippen molar-refractivity contribution in [2.75, 3.05) is 46.9 Å². The third kappa shape index (κ3) is 38.5. The Bertz CT molecular complexity index is 986. The van der Waals surface area contributed by atoms with Crippen LogP contribution in [0, 0.1) is 0 Å². The summed E-state index contributed by atoms with van der Waals surface area (Å²) < 4.78 is 9.36. The lowest BCUT2D eigenvalue weighted by Crippen LogP contribution is -2.56. The van der Waals surface area contributed by atoms with Gasteiger partial charge in [-0.2, -0.15) is 0 Å². The van der Waals surface area contributed by atoms with E-state index < -0.39 is 49.9 Å². The second kappa shape index (κ2) is 42.3. The largest absolute Gasteiger partial charge is 0.397 e. The molecule has 9 N–H and O–H groups in total. The highest BCUT2D eigenvalue weighted by molar-refractivity contribution is 5.76. The van der Waals surface area contributed by atoms with Crippen LogP contribution < -0.4 is 5.32 Å². The van der Waals surface area contributed by atoms with Crippen LogP contribution in [0.1, 0.15) is 171 Å². The van der Waals surface area contributed by atoms with Crippen molar-refractivity contribution in [1.29, 1.82) is 0 Å². The average Bonchev–Trinajstić information content (AvgIpc) is 3.20. The number of aliphatic hydroxyl groups is 8. The Morgan fingerprint density at radius 2 is 1.20 bits per heavy atom. The molecule has 1 amide bonds. The van der Waals surface area contributed by atoms with Crippen LogP contribution in [0.4, 0.5) is 0 Å². The smallest absolute Gasteiger partial charge is 0.222 e. The van der Waals surface area contributed by atoms with E-state index in [1.54, 1.807) is 6.92 Å². The first kappa shape index (κ1) is 65.9. The van der Waals surface area contributed by atoms with Crippen molar-refractivity contribution in [3.05, 3.63) is 0 Å². The van der Waals surface area contributed by atoms with Crippen LogP contribution in [0.5, 0.6) is 0 Å². The van der Waals surface area contributed by atoms with E-state index >= 15 is 0 Å². The number of unbranched alkanes of at least 4 members (excludes halogenated alkanes) is 14. The maximum atomic E-state index is 12.2. The number of hydrogen-bond acceptors (Lipinski definition) is 15. The molecule has 0 aliphatic carbocycles. The van der Waals surface area contributed by atoms with Gasteiger partial charge in [-0.25, -0.2) is 0 Å². The molecule has 0 spiro atoms. The second-order valence-corrected chi connectivity index (χ2v) is 17.0. The molecule has 0 saturated carbocycles. The number of aliphatic hydroxyl groups excluding tert-OH is 7. The van der Waals surface area contributed by atoms with Gasteiger partial charge in [-0.3, -0.25) is 9.69 Å². The van der Waals surface area contributed by atoms with Crippen molar-refractivity contribution < 1.29 is 64.7 Å². The fraction of sp³-hybridized carbons (Fsp3) is 0.933. The highest BCUT2D eigenvalue weighted by Crippen LogP contribution is 2.22. The summed E-state index contributed by atoms with van der Waals surface area (Å²) >= 11 is 0. The SMILES string of the molecule is CC(O)OC(OC(C(O)CO)C(O)C(O)C=O)C(O)O.CCC(=O)N(CC(C)(C)N(C)CCCNC)C(C)(C)C.CCCCCCCCCCCCCCCCC=O.CCO. The molecule has 0 radical (unpaired) electrons. The van der Waals surface area contributed by atoms with Gasteiger partial charge in [0.25, 0.3) is 0 Å². The molecule has 0 heterocycles. The van der Waals surface area contributed by atoms with Crippen molar-refractivity contribution in [2.24, 2.45) is 0 Å². The van der Waals surface area contributed by atoms with Gasteiger partial charge in [0.05, 0.1) is 6.61 Å². The summed E-state index contributed by atoms with van der Waals surface area (Å²) in [5, 5.41) is 74.7. The Balaban J connectivity index is -0.000000387. The lowest BCUT2D eigenvalue weighted by molar-refractivity contribution is -0.324. The fourth-order valence-electron chi connectivity index (χ4n) is 5.91. The van der Waals surface area contributed by atoms with E-state index in [4.69, 9.17) is 35.4 Å². The van der Waals surface area contributed by atoms with Crippen molar-refractivity contribution in [1.82, 2.24) is 15.1 Å². The highest BCUT2D eigenvalue weighted by Gasteiger charge is 2.37. The van der Waals surface area contributed by atoms with Gasteiger partial charge in [0.2, 0.25) is 18.5 Å². The first-order valence-electron chi connectivity index (χ1n) is 22.8. The Morgan fingerprint density at radius 3 is 1.54 bits per heavy atom. The number of amides is 1. The molecule has 0 aromatic heterocycles. The number of hydrogen-bond donors (Lipinski definition) is 9. The fourth-order valence-corrected chi connectivity index (χ4v) is 5.91. The third-order valence-electron chi connectivity index (χ3n) is 9.85. The molecule has 0 aromatic rings. The van der Waals surface area contributed by atoms with Crippen LogP contribution in [0.25, 0.3) is 0 Å². The maximum absolute atomic E-state index is 12.2. The number of nitrogens with one attached hydrogen (secondary N) is 1. The van der Waals surface area contributed by atoms with Gasteiger partial charge in [0.1, 0.15) is 30.7 Å². The van der Waals surface area contributed by atoms with E-state index in [-0.39, 0.29) is 29.9 Å². The van der Waals surface area contributed by atoms with Crippen molar-refractivity contribution in [2.45, 2.75) is 226 Å². The number of nitrogens with zero attached hydrogens (tertiary/aromatic N) is 2. The number of aldehydes is 2. The molecular weight excluding hydrogens is 791 g/mol. The summed E-state index contributed by atoms with van der Waals surface area (Å²) in [6.07, 6.45) is 9.70. The first-order chi connectivity index (χ1) is 28.6. The van der Waals surface area contributed by atoms with Crippen molar-refractivity contribution in [3.8, 4) is 0 Å². The van der Waals surface area contributed by atoms with E-state index in [0.29, 0.717) is 6.42 Å². The highest BCUT2D eigenvalue weighted by atomic mass is 16.8.